The Morgan fingerprint density at radius 3 is 3.13 bits per heavy atom. The molecule has 0 aromatic carbocycles. The molecule has 0 saturated carbocycles. The number of imidazole rings is 1. The van der Waals surface area contributed by atoms with Crippen molar-refractivity contribution in [3.05, 3.63) is 24.6 Å². The summed E-state index contributed by atoms with van der Waals surface area (Å²) in [6.07, 6.45) is 7.98. The molecule has 3 rings (SSSR count). The number of ether oxygens (including phenoxy) is 1. The lowest BCUT2D eigenvalue weighted by Crippen LogP contribution is -2.32. The van der Waals surface area contributed by atoms with E-state index in [0.29, 0.717) is 0 Å². The summed E-state index contributed by atoms with van der Waals surface area (Å²) in [4.78, 5) is 21.6. The quantitative estimate of drug-likeness (QED) is 0.358. The molecule has 118 valence electrons. The van der Waals surface area contributed by atoms with Crippen molar-refractivity contribution in [1.82, 2.24) is 19.5 Å². The Balaban J connectivity index is 1.92. The van der Waals surface area contributed by atoms with Crippen LogP contribution >= 0.6 is 8.25 Å². The van der Waals surface area contributed by atoms with Crippen LogP contribution in [0.3, 0.4) is 0 Å². The highest BCUT2D eigenvalue weighted by Crippen LogP contribution is 2.33. The normalized spacial score (nSPS) is 24.0. The third-order valence-electron chi connectivity index (χ3n) is 3.19. The van der Waals surface area contributed by atoms with Crippen molar-refractivity contribution < 1.29 is 23.1 Å². The number of aromatic nitrogens is 4. The molecule has 11 heteroatoms. The maximum atomic E-state index is 13.3. The zero-order valence-corrected chi connectivity index (χ0v) is 12.3. The number of terminal acetylenes is 1. The number of halogens is 1. The predicted molar refractivity (Wildman–Crippen MR) is 74.1 cm³/mol. The molecule has 23 heavy (non-hydrogen) atoms. The van der Waals surface area contributed by atoms with Crippen LogP contribution < -0.4 is 10.6 Å². The van der Waals surface area contributed by atoms with Gasteiger partial charge in [-0.3, -0.25) is 4.57 Å². The minimum Gasteiger partial charge on any atom is -0.566 e. The predicted octanol–water partition coefficient (Wildman–Crippen LogP) is 0.0389. The van der Waals surface area contributed by atoms with Gasteiger partial charge >= 0.3 is 14.3 Å². The van der Waals surface area contributed by atoms with E-state index in [9.17, 15) is 13.8 Å². The van der Waals surface area contributed by atoms with E-state index in [0.717, 1.165) is 0 Å². The molecule has 0 bridgehead atoms. The molecule has 0 fully saturated rings. The van der Waals surface area contributed by atoms with Gasteiger partial charge in [0.25, 0.3) is 0 Å². The molecular weight excluding hydrogens is 328 g/mol. The van der Waals surface area contributed by atoms with Crippen molar-refractivity contribution >= 4 is 25.2 Å². The van der Waals surface area contributed by atoms with Crippen LogP contribution in [0.5, 0.6) is 0 Å². The Hall–Kier alpha value is -2.44. The zero-order chi connectivity index (χ0) is 16.6. The lowest BCUT2D eigenvalue weighted by molar-refractivity contribution is -0.189. The third-order valence-corrected chi connectivity index (χ3v) is 3.53. The number of fused-ring (bicyclic) bond motifs is 1. The summed E-state index contributed by atoms with van der Waals surface area (Å²) in [5.74, 6) is 2.22. The largest absolute Gasteiger partial charge is 0.566 e. The lowest BCUT2D eigenvalue weighted by atomic mass is 10.1. The first-order valence-electron chi connectivity index (χ1n) is 6.22. The van der Waals surface area contributed by atoms with E-state index < -0.39 is 26.2 Å². The first-order chi connectivity index (χ1) is 10.9. The minimum absolute atomic E-state index is 0.108. The van der Waals surface area contributed by atoms with Gasteiger partial charge in [-0.2, -0.15) is 14.4 Å². The Morgan fingerprint density at radius 2 is 2.43 bits per heavy atom. The molecule has 1 aliphatic rings. The number of anilines is 1. The summed E-state index contributed by atoms with van der Waals surface area (Å²) in [5, 5.41) is 0. The topological polar surface area (TPSA) is 128 Å². The highest BCUT2D eigenvalue weighted by molar-refractivity contribution is 7.30. The average Bonchev–Trinajstić information content (AvgIpc) is 3.09. The smallest absolute Gasteiger partial charge is 0.488 e. The zero-order valence-electron chi connectivity index (χ0n) is 11.4. The van der Waals surface area contributed by atoms with Gasteiger partial charge < -0.3 is 15.4 Å². The standard InChI is InChI=1S/C12H9FN5O4P/c1-2-12(5-21-23(19)20)4-3-7(22-12)18-6-15-8-9(14)16-11(13)17-10(8)18/h1,3-4,6-7H,5H2,(H2,14,16,17)/t7-,12+/m1/s1. The van der Waals surface area contributed by atoms with Crippen LogP contribution in [0.2, 0.25) is 0 Å². The number of nitrogen functional groups attached to an aromatic ring is 1. The van der Waals surface area contributed by atoms with Crippen molar-refractivity contribution in [2.45, 2.75) is 11.8 Å². The van der Waals surface area contributed by atoms with Gasteiger partial charge in [-0.1, -0.05) is 5.92 Å². The van der Waals surface area contributed by atoms with E-state index >= 15 is 0 Å². The lowest BCUT2D eigenvalue weighted by Gasteiger charge is -2.21. The van der Waals surface area contributed by atoms with E-state index in [1.807, 2.05) is 0 Å². The SMILES string of the molecule is C#C[C@@]1(CO[P+](=O)[O-])C=C[C@H](n2cnc3c(N)nc(F)nc32)O1. The molecule has 3 atom stereocenters. The number of hydrogen-bond acceptors (Lipinski definition) is 8. The van der Waals surface area contributed by atoms with E-state index in [1.54, 1.807) is 6.08 Å². The van der Waals surface area contributed by atoms with Crippen molar-refractivity contribution in [1.29, 1.82) is 0 Å². The van der Waals surface area contributed by atoms with Crippen LogP contribution in [-0.4, -0.2) is 31.7 Å². The van der Waals surface area contributed by atoms with Crippen LogP contribution in [0.25, 0.3) is 11.2 Å². The fourth-order valence-corrected chi connectivity index (χ4v) is 2.43. The number of nitrogens with two attached hydrogens (primary N) is 1. The maximum absolute atomic E-state index is 13.3. The molecule has 1 unspecified atom stereocenters. The van der Waals surface area contributed by atoms with E-state index in [-0.39, 0.29) is 23.6 Å². The second-order valence-corrected chi connectivity index (χ2v) is 5.31. The summed E-state index contributed by atoms with van der Waals surface area (Å²) in [6.45, 7) is -0.382. The first-order valence-corrected chi connectivity index (χ1v) is 7.31. The summed E-state index contributed by atoms with van der Waals surface area (Å²) >= 11 is 0. The van der Waals surface area contributed by atoms with Crippen LogP contribution in [0.15, 0.2) is 18.5 Å². The molecule has 2 N–H and O–H groups in total. The van der Waals surface area contributed by atoms with Gasteiger partial charge in [0, 0.05) is 0 Å². The fraction of sp³-hybridized carbons (Fsp3) is 0.250. The molecular formula is C12H9FN5O4P. The minimum atomic E-state index is -3.07. The van der Waals surface area contributed by atoms with Crippen molar-refractivity contribution in [3.8, 4) is 12.3 Å². The van der Waals surface area contributed by atoms with Gasteiger partial charge in [0.05, 0.1) is 6.33 Å². The molecule has 2 aromatic heterocycles. The first kappa shape index (κ1) is 15.5. The summed E-state index contributed by atoms with van der Waals surface area (Å²) in [7, 11) is -3.07. The Kier molecular flexibility index (Phi) is 3.79. The highest BCUT2D eigenvalue weighted by atomic mass is 31.1. The average molecular weight is 337 g/mol. The van der Waals surface area contributed by atoms with Crippen LogP contribution in [0.4, 0.5) is 10.2 Å². The molecule has 0 radical (unpaired) electrons. The molecule has 3 heterocycles. The van der Waals surface area contributed by atoms with E-state index in [1.165, 1.54) is 17.0 Å². The van der Waals surface area contributed by atoms with Gasteiger partial charge in [0.2, 0.25) is 0 Å². The molecule has 1 aliphatic heterocycles. The van der Waals surface area contributed by atoms with Crippen LogP contribution in [0, 0.1) is 18.4 Å². The third kappa shape index (κ3) is 2.78. The molecule has 0 aliphatic carbocycles. The summed E-state index contributed by atoms with van der Waals surface area (Å²) in [6, 6.07) is 0. The van der Waals surface area contributed by atoms with Crippen LogP contribution in [0.1, 0.15) is 6.23 Å². The van der Waals surface area contributed by atoms with Crippen molar-refractivity contribution in [2.75, 3.05) is 12.3 Å². The van der Waals surface area contributed by atoms with Gasteiger partial charge in [-0.05, 0) is 16.7 Å². The Labute approximate surface area is 129 Å². The molecule has 0 spiro atoms. The Morgan fingerprint density at radius 1 is 1.65 bits per heavy atom. The second kappa shape index (κ2) is 5.64. The number of hydrogen-bond donors (Lipinski definition) is 1. The number of nitrogens with zero attached hydrogens (tertiary/aromatic N) is 4. The Bertz CT molecular complexity index is 863. The second-order valence-electron chi connectivity index (χ2n) is 4.60. The molecule has 9 nitrogen and oxygen atoms in total. The van der Waals surface area contributed by atoms with Gasteiger partial charge in [-0.25, -0.2) is 4.98 Å². The molecule has 0 saturated heterocycles. The maximum Gasteiger partial charge on any atom is 0.488 e. The molecule has 0 amide bonds. The van der Waals surface area contributed by atoms with E-state index in [4.69, 9.17) is 16.9 Å². The van der Waals surface area contributed by atoms with Crippen molar-refractivity contribution in [3.63, 3.8) is 0 Å². The van der Waals surface area contributed by atoms with Crippen molar-refractivity contribution in [2.24, 2.45) is 0 Å². The van der Waals surface area contributed by atoms with Gasteiger partial charge in [0.1, 0.15) is 6.61 Å². The van der Waals surface area contributed by atoms with E-state index in [2.05, 4.69) is 25.4 Å². The fourth-order valence-electron chi connectivity index (χ4n) is 2.13. The number of rotatable bonds is 4. The summed E-state index contributed by atoms with van der Waals surface area (Å²) < 4.78 is 35.4. The van der Waals surface area contributed by atoms with Gasteiger partial charge in [-0.15, -0.1) is 10.9 Å². The summed E-state index contributed by atoms with van der Waals surface area (Å²) in [5.41, 5.74) is 4.54. The highest BCUT2D eigenvalue weighted by Gasteiger charge is 2.37. The molecule has 2 aromatic rings. The van der Waals surface area contributed by atoms with Gasteiger partial charge in [0.15, 0.2) is 28.8 Å². The van der Waals surface area contributed by atoms with Crippen LogP contribution in [-0.2, 0) is 13.8 Å². The monoisotopic (exact) mass is 337 g/mol.